The second-order valence-electron chi connectivity index (χ2n) is 4.61. The summed E-state index contributed by atoms with van der Waals surface area (Å²) in [5, 5.41) is 28.9. The first kappa shape index (κ1) is 17.0. The van der Waals surface area contributed by atoms with Gasteiger partial charge in [0.1, 0.15) is 0 Å². The summed E-state index contributed by atoms with van der Waals surface area (Å²) in [6.45, 7) is 1.61. The first-order chi connectivity index (χ1) is 9.47. The second-order valence-corrected chi connectivity index (χ2v) is 6.38. The first-order valence-electron chi connectivity index (χ1n) is 5.68. The Morgan fingerprint density at radius 1 is 1.48 bits per heavy atom. The lowest BCUT2D eigenvalue weighted by Crippen LogP contribution is -2.46. The van der Waals surface area contributed by atoms with Crippen molar-refractivity contribution in [3.63, 3.8) is 0 Å². The average Bonchev–Trinajstić information content (AvgIpc) is 2.36. The predicted octanol–water partition coefficient (Wildman–Crippen LogP) is 0.0171. The van der Waals surface area contributed by atoms with Gasteiger partial charge < -0.3 is 10.2 Å². The zero-order valence-electron chi connectivity index (χ0n) is 11.2. The van der Waals surface area contributed by atoms with E-state index in [0.29, 0.717) is 0 Å². The van der Waals surface area contributed by atoms with Crippen molar-refractivity contribution in [3.8, 4) is 0 Å². The maximum Gasteiger partial charge on any atom is 0.336 e. The highest BCUT2D eigenvalue weighted by molar-refractivity contribution is 7.89. The highest BCUT2D eigenvalue weighted by atomic mass is 32.2. The molecule has 9 nitrogen and oxygen atoms in total. The summed E-state index contributed by atoms with van der Waals surface area (Å²) in [4.78, 5) is 20.4. The summed E-state index contributed by atoms with van der Waals surface area (Å²) < 4.78 is 25.8. The number of carboxylic acids is 1. The van der Waals surface area contributed by atoms with Crippen LogP contribution in [0.1, 0.15) is 12.5 Å². The number of nitrogens with zero attached hydrogens (tertiary/aromatic N) is 1. The molecule has 0 fully saturated rings. The third-order valence-electron chi connectivity index (χ3n) is 2.75. The Labute approximate surface area is 120 Å². The number of carbonyl (C=O) groups is 1. The number of hydrogen-bond acceptors (Lipinski definition) is 6. The van der Waals surface area contributed by atoms with Crippen LogP contribution in [0.25, 0.3) is 0 Å². The Balaban J connectivity index is 3.07. The van der Waals surface area contributed by atoms with Gasteiger partial charge in [-0.05, 0) is 19.9 Å². The SMILES string of the molecule is Cc1ccc(S(=O)(=O)NCC(C)(O)C(=O)O)cc1[N+](=O)[O-]. The van der Waals surface area contributed by atoms with Crippen molar-refractivity contribution < 1.29 is 28.3 Å². The number of aliphatic hydroxyl groups is 1. The van der Waals surface area contributed by atoms with Crippen LogP contribution in [0.5, 0.6) is 0 Å². The van der Waals surface area contributed by atoms with Gasteiger partial charge in [0.05, 0.1) is 16.4 Å². The Bertz CT molecular complexity index is 682. The van der Waals surface area contributed by atoms with Crippen molar-refractivity contribution in [3.05, 3.63) is 33.9 Å². The summed E-state index contributed by atoms with van der Waals surface area (Å²) in [7, 11) is -4.18. The lowest BCUT2D eigenvalue weighted by atomic mass is 10.1. The first-order valence-corrected chi connectivity index (χ1v) is 7.16. The number of nitrogens with one attached hydrogen (secondary N) is 1. The van der Waals surface area contributed by atoms with Crippen LogP contribution >= 0.6 is 0 Å². The summed E-state index contributed by atoms with van der Waals surface area (Å²) >= 11 is 0. The van der Waals surface area contributed by atoms with E-state index >= 15 is 0 Å². The van der Waals surface area contributed by atoms with Gasteiger partial charge in [-0.2, -0.15) is 0 Å². The van der Waals surface area contributed by atoms with Crippen molar-refractivity contribution in [2.45, 2.75) is 24.3 Å². The Hall–Kier alpha value is -2.04. The molecular weight excluding hydrogens is 304 g/mol. The summed E-state index contributed by atoms with van der Waals surface area (Å²) in [6.07, 6.45) is 0. The number of carboxylic acid groups (broad SMARTS) is 1. The molecule has 3 N–H and O–H groups in total. The average molecular weight is 318 g/mol. The largest absolute Gasteiger partial charge is 0.479 e. The highest BCUT2D eigenvalue weighted by Crippen LogP contribution is 2.22. The molecule has 1 rings (SSSR count). The van der Waals surface area contributed by atoms with Crippen LogP contribution in [0.15, 0.2) is 23.1 Å². The molecule has 0 bridgehead atoms. The van der Waals surface area contributed by atoms with E-state index in [1.165, 1.54) is 13.0 Å². The highest BCUT2D eigenvalue weighted by Gasteiger charge is 2.32. The van der Waals surface area contributed by atoms with Gasteiger partial charge in [0.2, 0.25) is 10.0 Å². The molecule has 1 unspecified atom stereocenters. The van der Waals surface area contributed by atoms with Crippen LogP contribution in [0.2, 0.25) is 0 Å². The van der Waals surface area contributed by atoms with Gasteiger partial charge in [-0.15, -0.1) is 0 Å². The molecule has 0 amide bonds. The van der Waals surface area contributed by atoms with Gasteiger partial charge in [0.25, 0.3) is 5.69 Å². The number of nitro benzene ring substituents is 1. The number of aryl methyl sites for hydroxylation is 1. The maximum atomic E-state index is 11.9. The second kappa shape index (κ2) is 5.76. The number of nitro groups is 1. The lowest BCUT2D eigenvalue weighted by Gasteiger charge is -2.18. The molecule has 0 aliphatic carbocycles. The summed E-state index contributed by atoms with van der Waals surface area (Å²) in [5.74, 6) is -1.60. The molecule has 21 heavy (non-hydrogen) atoms. The van der Waals surface area contributed by atoms with Crippen LogP contribution < -0.4 is 4.72 Å². The Kier molecular flexibility index (Phi) is 4.66. The molecule has 1 aromatic carbocycles. The van der Waals surface area contributed by atoms with E-state index in [-0.39, 0.29) is 16.1 Å². The molecule has 0 heterocycles. The van der Waals surface area contributed by atoms with Gasteiger partial charge >= 0.3 is 5.97 Å². The number of aliphatic carboxylic acids is 1. The van der Waals surface area contributed by atoms with E-state index in [4.69, 9.17) is 5.11 Å². The molecule has 0 radical (unpaired) electrons. The van der Waals surface area contributed by atoms with Gasteiger partial charge in [-0.3, -0.25) is 10.1 Å². The Morgan fingerprint density at radius 2 is 2.05 bits per heavy atom. The van der Waals surface area contributed by atoms with E-state index in [1.54, 1.807) is 0 Å². The molecule has 0 aliphatic heterocycles. The molecule has 0 aromatic heterocycles. The molecule has 0 saturated heterocycles. The molecule has 0 saturated carbocycles. The molecule has 116 valence electrons. The van der Waals surface area contributed by atoms with Gasteiger partial charge in [0.15, 0.2) is 5.60 Å². The fraction of sp³-hybridized carbons (Fsp3) is 0.364. The van der Waals surface area contributed by atoms with Crippen LogP contribution in [0, 0.1) is 17.0 Å². The fourth-order valence-corrected chi connectivity index (χ4v) is 2.50. The van der Waals surface area contributed by atoms with Gasteiger partial charge in [-0.25, -0.2) is 17.9 Å². The van der Waals surface area contributed by atoms with Crippen molar-refractivity contribution in [2.24, 2.45) is 0 Å². The normalized spacial score (nSPS) is 14.4. The smallest absolute Gasteiger partial charge is 0.336 e. The topological polar surface area (TPSA) is 147 Å². The van der Waals surface area contributed by atoms with Crippen LogP contribution in [-0.4, -0.2) is 41.7 Å². The molecule has 1 aromatic rings. The number of benzene rings is 1. The van der Waals surface area contributed by atoms with E-state index in [9.17, 15) is 28.4 Å². The lowest BCUT2D eigenvalue weighted by molar-refractivity contribution is -0.385. The third-order valence-corrected chi connectivity index (χ3v) is 4.15. The minimum absolute atomic E-state index is 0.288. The van der Waals surface area contributed by atoms with Gasteiger partial charge in [-0.1, -0.05) is 6.07 Å². The van der Waals surface area contributed by atoms with Crippen LogP contribution in [-0.2, 0) is 14.8 Å². The van der Waals surface area contributed by atoms with Crippen molar-refractivity contribution in [1.82, 2.24) is 4.72 Å². The van der Waals surface area contributed by atoms with E-state index in [1.807, 2.05) is 4.72 Å². The Morgan fingerprint density at radius 3 is 2.52 bits per heavy atom. The standard InChI is InChI=1S/C11H14N2O7S/c1-7-3-4-8(5-9(7)13(17)18)21(19,20)12-6-11(2,16)10(14)15/h3-5,12,16H,6H2,1-2H3,(H,14,15). The fourth-order valence-electron chi connectivity index (χ4n) is 1.35. The van der Waals surface area contributed by atoms with Crippen LogP contribution in [0.3, 0.4) is 0 Å². The number of sulfonamides is 1. The van der Waals surface area contributed by atoms with Crippen molar-refractivity contribution >= 4 is 21.7 Å². The van der Waals surface area contributed by atoms with E-state index < -0.39 is 33.1 Å². The zero-order valence-corrected chi connectivity index (χ0v) is 12.0. The van der Waals surface area contributed by atoms with E-state index in [2.05, 4.69) is 0 Å². The quantitative estimate of drug-likeness (QED) is 0.494. The molecule has 0 spiro atoms. The minimum atomic E-state index is -4.18. The van der Waals surface area contributed by atoms with E-state index in [0.717, 1.165) is 19.1 Å². The molecule has 1 atom stereocenters. The van der Waals surface area contributed by atoms with Crippen LogP contribution in [0.4, 0.5) is 5.69 Å². The molecule has 10 heteroatoms. The predicted molar refractivity (Wildman–Crippen MR) is 71.3 cm³/mol. The number of hydrogen-bond donors (Lipinski definition) is 3. The zero-order chi connectivity index (χ0) is 16.4. The van der Waals surface area contributed by atoms with Crippen molar-refractivity contribution in [2.75, 3.05) is 6.54 Å². The number of rotatable bonds is 6. The van der Waals surface area contributed by atoms with Crippen molar-refractivity contribution in [1.29, 1.82) is 0 Å². The minimum Gasteiger partial charge on any atom is -0.479 e. The molecular formula is C11H14N2O7S. The summed E-state index contributed by atoms with van der Waals surface area (Å²) in [6, 6.07) is 3.29. The maximum absolute atomic E-state index is 11.9. The van der Waals surface area contributed by atoms with Gasteiger partial charge in [0, 0.05) is 11.6 Å². The third kappa shape index (κ3) is 3.97. The molecule has 0 aliphatic rings. The summed E-state index contributed by atoms with van der Waals surface area (Å²) in [5.41, 5.74) is -2.37. The monoisotopic (exact) mass is 318 g/mol.